The van der Waals surface area contributed by atoms with Gasteiger partial charge in [0.15, 0.2) is 0 Å². The molecule has 0 saturated heterocycles. The summed E-state index contributed by atoms with van der Waals surface area (Å²) in [7, 11) is 0. The Bertz CT molecular complexity index is 805. The fraction of sp³-hybridized carbons (Fsp3) is 0.364. The molecule has 0 saturated carbocycles. The Balaban J connectivity index is 0.000000592. The Kier molecular flexibility index (Phi) is 11.1. The van der Waals surface area contributed by atoms with Crippen LogP contribution in [0.5, 0.6) is 5.75 Å². The molecule has 0 aliphatic rings. The smallest absolute Gasteiger partial charge is 0.490 e. The van der Waals surface area contributed by atoms with Crippen LogP contribution in [0.25, 0.3) is 0 Å². The van der Waals surface area contributed by atoms with Gasteiger partial charge in [-0.25, -0.2) is 4.79 Å². The van der Waals surface area contributed by atoms with Gasteiger partial charge in [-0.05, 0) is 43.1 Å². The lowest BCUT2D eigenvalue weighted by Gasteiger charge is -2.08. The highest BCUT2D eigenvalue weighted by Gasteiger charge is 2.38. The molecule has 3 N–H and O–H groups in total. The maximum Gasteiger partial charge on any atom is 0.490 e. The third-order valence-electron chi connectivity index (χ3n) is 4.05. The third kappa shape index (κ3) is 12.3. The number of alkyl halides is 3. The Morgan fingerprint density at radius 1 is 0.903 bits per heavy atom. The zero-order valence-corrected chi connectivity index (χ0v) is 17.1. The summed E-state index contributed by atoms with van der Waals surface area (Å²) in [6, 6.07) is 16.6. The molecule has 6 nitrogen and oxygen atoms in total. The molecule has 0 unspecified atom stereocenters. The van der Waals surface area contributed by atoms with Gasteiger partial charge >= 0.3 is 18.1 Å². The number of carboxylic acid groups (broad SMARTS) is 2. The lowest BCUT2D eigenvalue weighted by atomic mass is 10.1. The standard InChI is InChI=1S/C20H25NO3.C2HF3O2/c1-16-2-4-18(5-3-16)12-15-24-19-8-6-17(7-9-19)10-13-21-14-11-20(22)23;3-2(4,5)1(6)7/h2-9,21H,10-15H2,1H3,(H,22,23);(H,6,7). The minimum Gasteiger partial charge on any atom is -0.493 e. The van der Waals surface area contributed by atoms with Crippen molar-refractivity contribution in [3.8, 4) is 5.75 Å². The zero-order valence-electron chi connectivity index (χ0n) is 17.1. The van der Waals surface area contributed by atoms with Gasteiger partial charge in [0.1, 0.15) is 5.75 Å². The van der Waals surface area contributed by atoms with Gasteiger partial charge < -0.3 is 20.3 Å². The van der Waals surface area contributed by atoms with E-state index in [1.807, 2.05) is 12.1 Å². The van der Waals surface area contributed by atoms with E-state index < -0.39 is 18.1 Å². The van der Waals surface area contributed by atoms with Crippen molar-refractivity contribution in [2.45, 2.75) is 32.4 Å². The lowest BCUT2D eigenvalue weighted by molar-refractivity contribution is -0.192. The topological polar surface area (TPSA) is 95.9 Å². The molecule has 0 aliphatic heterocycles. The summed E-state index contributed by atoms with van der Waals surface area (Å²) in [4.78, 5) is 19.3. The summed E-state index contributed by atoms with van der Waals surface area (Å²) in [5, 5.41) is 18.8. The molecule has 9 heteroatoms. The summed E-state index contributed by atoms with van der Waals surface area (Å²) in [6.45, 7) is 4.04. The molecule has 2 rings (SSSR count). The van der Waals surface area contributed by atoms with Crippen LogP contribution in [0.2, 0.25) is 0 Å². The van der Waals surface area contributed by atoms with Crippen molar-refractivity contribution in [1.29, 1.82) is 0 Å². The molecule has 0 amide bonds. The predicted octanol–water partition coefficient (Wildman–Crippen LogP) is 3.86. The largest absolute Gasteiger partial charge is 0.493 e. The van der Waals surface area contributed by atoms with Crippen LogP contribution in [0.4, 0.5) is 13.2 Å². The van der Waals surface area contributed by atoms with Crippen molar-refractivity contribution in [2.75, 3.05) is 19.7 Å². The number of carbonyl (C=O) groups is 2. The molecular weight excluding hydrogens is 415 g/mol. The van der Waals surface area contributed by atoms with Gasteiger partial charge in [-0.2, -0.15) is 13.2 Å². The minimum absolute atomic E-state index is 0.160. The number of hydrogen-bond acceptors (Lipinski definition) is 4. The van der Waals surface area contributed by atoms with Crippen molar-refractivity contribution >= 4 is 11.9 Å². The van der Waals surface area contributed by atoms with Gasteiger partial charge in [-0.1, -0.05) is 42.0 Å². The van der Waals surface area contributed by atoms with Crippen molar-refractivity contribution in [3.63, 3.8) is 0 Å². The second-order valence-corrected chi connectivity index (χ2v) is 6.67. The Morgan fingerprint density at radius 3 is 1.94 bits per heavy atom. The number of rotatable bonds is 10. The number of halogens is 3. The number of aliphatic carboxylic acids is 2. The highest BCUT2D eigenvalue weighted by Crippen LogP contribution is 2.14. The third-order valence-corrected chi connectivity index (χ3v) is 4.05. The van der Waals surface area contributed by atoms with Crippen molar-refractivity contribution < 1.29 is 37.7 Å². The molecule has 0 fully saturated rings. The summed E-state index contributed by atoms with van der Waals surface area (Å²) in [5.41, 5.74) is 3.76. The monoisotopic (exact) mass is 441 g/mol. The quantitative estimate of drug-likeness (QED) is 0.485. The van der Waals surface area contributed by atoms with Crippen LogP contribution < -0.4 is 10.1 Å². The zero-order chi connectivity index (χ0) is 23.3. The van der Waals surface area contributed by atoms with Gasteiger partial charge in [0.2, 0.25) is 0 Å². The van der Waals surface area contributed by atoms with Crippen LogP contribution in [0.1, 0.15) is 23.1 Å². The maximum absolute atomic E-state index is 10.6. The summed E-state index contributed by atoms with van der Waals surface area (Å²) >= 11 is 0. The van der Waals surface area contributed by atoms with Crippen LogP contribution >= 0.6 is 0 Å². The number of hydrogen-bond donors (Lipinski definition) is 3. The molecule has 2 aromatic carbocycles. The van der Waals surface area contributed by atoms with Crippen LogP contribution in [-0.2, 0) is 22.4 Å². The Labute approximate surface area is 178 Å². The number of ether oxygens (including phenoxy) is 1. The van der Waals surface area contributed by atoms with Gasteiger partial charge in [-0.15, -0.1) is 0 Å². The van der Waals surface area contributed by atoms with E-state index in [-0.39, 0.29) is 6.42 Å². The first kappa shape index (κ1) is 26.0. The van der Waals surface area contributed by atoms with E-state index in [0.717, 1.165) is 25.1 Å². The molecule has 0 atom stereocenters. The van der Waals surface area contributed by atoms with Crippen LogP contribution in [0, 0.1) is 6.92 Å². The van der Waals surface area contributed by atoms with E-state index in [1.54, 1.807) is 0 Å². The van der Waals surface area contributed by atoms with E-state index in [1.165, 1.54) is 16.7 Å². The van der Waals surface area contributed by atoms with Gasteiger partial charge in [0.25, 0.3) is 0 Å². The fourth-order valence-corrected chi connectivity index (χ4v) is 2.35. The second-order valence-electron chi connectivity index (χ2n) is 6.67. The van der Waals surface area contributed by atoms with Crippen LogP contribution in [0.3, 0.4) is 0 Å². The van der Waals surface area contributed by atoms with Crippen molar-refractivity contribution in [3.05, 3.63) is 65.2 Å². The van der Waals surface area contributed by atoms with E-state index in [0.29, 0.717) is 13.2 Å². The Hall–Kier alpha value is -3.07. The predicted molar refractivity (Wildman–Crippen MR) is 109 cm³/mol. The van der Waals surface area contributed by atoms with Crippen LogP contribution in [0.15, 0.2) is 48.5 Å². The van der Waals surface area contributed by atoms with E-state index in [2.05, 4.69) is 48.6 Å². The number of benzene rings is 2. The molecule has 2 aromatic rings. The SMILES string of the molecule is Cc1ccc(CCOc2ccc(CCNCCC(=O)O)cc2)cc1.O=C(O)C(F)(F)F. The first-order chi connectivity index (χ1) is 14.6. The summed E-state index contributed by atoms with van der Waals surface area (Å²) in [5.74, 6) is -2.65. The molecule has 0 aromatic heterocycles. The molecular formula is C22H26F3NO5. The number of nitrogens with one attached hydrogen (secondary N) is 1. The van der Waals surface area contributed by atoms with E-state index in [4.69, 9.17) is 19.7 Å². The fourth-order valence-electron chi connectivity index (χ4n) is 2.35. The molecule has 0 radical (unpaired) electrons. The van der Waals surface area contributed by atoms with Gasteiger partial charge in [-0.3, -0.25) is 4.79 Å². The average Bonchev–Trinajstić information content (AvgIpc) is 2.70. The van der Waals surface area contributed by atoms with E-state index >= 15 is 0 Å². The average molecular weight is 441 g/mol. The molecule has 0 bridgehead atoms. The maximum atomic E-state index is 10.6. The number of aryl methyl sites for hydroxylation is 1. The van der Waals surface area contributed by atoms with Gasteiger partial charge in [0, 0.05) is 13.0 Å². The minimum atomic E-state index is -5.08. The summed E-state index contributed by atoms with van der Waals surface area (Å²) in [6.07, 6.45) is -3.15. The van der Waals surface area contributed by atoms with Crippen molar-refractivity contribution in [2.24, 2.45) is 0 Å². The molecule has 170 valence electrons. The molecule has 0 spiro atoms. The van der Waals surface area contributed by atoms with E-state index in [9.17, 15) is 18.0 Å². The first-order valence-corrected chi connectivity index (χ1v) is 9.58. The first-order valence-electron chi connectivity index (χ1n) is 9.58. The molecule has 0 heterocycles. The molecule has 0 aliphatic carbocycles. The van der Waals surface area contributed by atoms with Gasteiger partial charge in [0.05, 0.1) is 13.0 Å². The number of carboxylic acids is 2. The highest BCUT2D eigenvalue weighted by molar-refractivity contribution is 5.73. The summed E-state index contributed by atoms with van der Waals surface area (Å²) < 4.78 is 37.5. The highest BCUT2D eigenvalue weighted by atomic mass is 19.4. The van der Waals surface area contributed by atoms with Crippen LogP contribution in [-0.4, -0.2) is 48.0 Å². The lowest BCUT2D eigenvalue weighted by Crippen LogP contribution is -2.21. The van der Waals surface area contributed by atoms with Crippen molar-refractivity contribution in [1.82, 2.24) is 5.32 Å². The Morgan fingerprint density at radius 2 is 1.42 bits per heavy atom. The molecule has 31 heavy (non-hydrogen) atoms. The normalized spacial score (nSPS) is 10.7. The second kappa shape index (κ2) is 13.3.